The molecule has 0 aromatic heterocycles. The van der Waals surface area contributed by atoms with Crippen LogP contribution in [0.15, 0.2) is 41.4 Å². The van der Waals surface area contributed by atoms with Crippen LogP contribution in [0.5, 0.6) is 5.75 Å². The summed E-state index contributed by atoms with van der Waals surface area (Å²) in [6.45, 7) is 4.21. The maximum atomic E-state index is 10.5. The molecular weight excluding hydrogens is 274 g/mol. The van der Waals surface area contributed by atoms with Crippen LogP contribution >= 0.6 is 11.6 Å². The third kappa shape index (κ3) is 3.27. The van der Waals surface area contributed by atoms with Crippen LogP contribution in [0.3, 0.4) is 0 Å². The van der Waals surface area contributed by atoms with Crippen LogP contribution in [0.25, 0.3) is 0 Å². The summed E-state index contributed by atoms with van der Waals surface area (Å²) in [5.41, 5.74) is 3.50. The topological polar surface area (TPSA) is 38.7 Å². The molecule has 0 amide bonds. The van der Waals surface area contributed by atoms with Gasteiger partial charge in [-0.2, -0.15) is 4.99 Å². The van der Waals surface area contributed by atoms with Crippen LogP contribution in [0.1, 0.15) is 16.7 Å². The Hall–Kier alpha value is -2.09. The Morgan fingerprint density at radius 3 is 2.75 bits per heavy atom. The molecular formula is C16H14ClNO2. The largest absolute Gasteiger partial charge is 0.487 e. The first-order valence-corrected chi connectivity index (χ1v) is 6.55. The number of carbonyl (C=O) groups excluding carboxylic acids is 1. The first kappa shape index (κ1) is 14.3. The van der Waals surface area contributed by atoms with Crippen LogP contribution < -0.4 is 4.74 Å². The molecule has 0 bridgehead atoms. The van der Waals surface area contributed by atoms with E-state index in [0.717, 1.165) is 16.7 Å². The van der Waals surface area contributed by atoms with Gasteiger partial charge in [0.25, 0.3) is 0 Å². The van der Waals surface area contributed by atoms with E-state index in [9.17, 15) is 4.79 Å². The second kappa shape index (κ2) is 6.38. The van der Waals surface area contributed by atoms with Crippen molar-refractivity contribution in [2.75, 3.05) is 0 Å². The van der Waals surface area contributed by atoms with E-state index in [1.54, 1.807) is 12.1 Å². The van der Waals surface area contributed by atoms with Crippen molar-refractivity contribution in [1.82, 2.24) is 0 Å². The summed E-state index contributed by atoms with van der Waals surface area (Å²) in [6, 6.07) is 11.2. The fourth-order valence-corrected chi connectivity index (χ4v) is 2.19. The molecule has 0 atom stereocenters. The Kier molecular flexibility index (Phi) is 4.57. The van der Waals surface area contributed by atoms with E-state index in [0.29, 0.717) is 23.1 Å². The third-order valence-electron chi connectivity index (χ3n) is 3.01. The smallest absolute Gasteiger partial charge is 0.240 e. The van der Waals surface area contributed by atoms with E-state index in [1.165, 1.54) is 0 Å². The lowest BCUT2D eigenvalue weighted by molar-refractivity contribution is 0.306. The molecule has 0 aliphatic carbocycles. The van der Waals surface area contributed by atoms with E-state index in [4.69, 9.17) is 16.3 Å². The third-order valence-corrected chi connectivity index (χ3v) is 3.31. The highest BCUT2D eigenvalue weighted by Crippen LogP contribution is 2.28. The van der Waals surface area contributed by atoms with Crippen molar-refractivity contribution in [3.05, 3.63) is 58.1 Å². The second-order valence-corrected chi connectivity index (χ2v) is 4.91. The molecule has 0 N–H and O–H groups in total. The number of ether oxygens (including phenoxy) is 1. The zero-order valence-electron chi connectivity index (χ0n) is 11.3. The number of rotatable bonds is 4. The van der Waals surface area contributed by atoms with Gasteiger partial charge in [0, 0.05) is 5.56 Å². The molecule has 0 aliphatic rings. The highest BCUT2D eigenvalue weighted by molar-refractivity contribution is 6.32. The number of nitrogens with zero attached hydrogens (tertiary/aromatic N) is 1. The number of aliphatic imine (C=N–C) groups is 1. The minimum Gasteiger partial charge on any atom is -0.487 e. The van der Waals surface area contributed by atoms with Gasteiger partial charge in [-0.25, -0.2) is 4.79 Å². The predicted molar refractivity (Wildman–Crippen MR) is 79.5 cm³/mol. The van der Waals surface area contributed by atoms with E-state index in [2.05, 4.69) is 4.99 Å². The van der Waals surface area contributed by atoms with Gasteiger partial charge < -0.3 is 4.74 Å². The maximum Gasteiger partial charge on any atom is 0.240 e. The van der Waals surface area contributed by atoms with Gasteiger partial charge in [-0.1, -0.05) is 29.8 Å². The number of benzene rings is 2. The molecule has 0 radical (unpaired) electrons. The van der Waals surface area contributed by atoms with E-state index in [1.807, 2.05) is 44.2 Å². The lowest BCUT2D eigenvalue weighted by Crippen LogP contribution is -1.99. The number of isocyanates is 1. The van der Waals surface area contributed by atoms with E-state index >= 15 is 0 Å². The molecule has 0 aliphatic heterocycles. The fraction of sp³-hybridized carbons (Fsp3) is 0.188. The van der Waals surface area contributed by atoms with Crippen molar-refractivity contribution in [3.8, 4) is 5.75 Å². The second-order valence-electron chi connectivity index (χ2n) is 4.50. The molecule has 0 unspecified atom stereocenters. The molecule has 0 saturated carbocycles. The van der Waals surface area contributed by atoms with Crippen molar-refractivity contribution in [2.45, 2.75) is 20.5 Å². The molecule has 2 rings (SSSR count). The number of hydrogen-bond donors (Lipinski definition) is 0. The Labute approximate surface area is 122 Å². The summed E-state index contributed by atoms with van der Waals surface area (Å²) in [4.78, 5) is 14.1. The zero-order chi connectivity index (χ0) is 14.5. The zero-order valence-corrected chi connectivity index (χ0v) is 12.1. The molecule has 0 spiro atoms. The summed E-state index contributed by atoms with van der Waals surface area (Å²) < 4.78 is 5.72. The summed E-state index contributed by atoms with van der Waals surface area (Å²) in [5.74, 6) is 0.613. The summed E-state index contributed by atoms with van der Waals surface area (Å²) in [6.07, 6.45) is 1.56. The van der Waals surface area contributed by atoms with Gasteiger partial charge in [0.2, 0.25) is 6.08 Å². The van der Waals surface area contributed by atoms with Crippen LogP contribution in [-0.2, 0) is 11.4 Å². The van der Waals surface area contributed by atoms with Gasteiger partial charge in [-0.15, -0.1) is 0 Å². The molecule has 2 aromatic carbocycles. The maximum absolute atomic E-state index is 10.5. The van der Waals surface area contributed by atoms with Gasteiger partial charge >= 0.3 is 0 Å². The minimum absolute atomic E-state index is 0.302. The van der Waals surface area contributed by atoms with Crippen molar-refractivity contribution in [2.24, 2.45) is 4.99 Å². The number of halogens is 1. The van der Waals surface area contributed by atoms with E-state index < -0.39 is 0 Å². The average Bonchev–Trinajstić information content (AvgIpc) is 2.40. The van der Waals surface area contributed by atoms with Gasteiger partial charge in [0.15, 0.2) is 0 Å². The highest BCUT2D eigenvalue weighted by atomic mass is 35.5. The summed E-state index contributed by atoms with van der Waals surface area (Å²) >= 11 is 6.13. The lowest BCUT2D eigenvalue weighted by Gasteiger charge is -2.12. The minimum atomic E-state index is 0.302. The molecule has 2 aromatic rings. The first-order valence-electron chi connectivity index (χ1n) is 6.17. The first-order chi connectivity index (χ1) is 9.61. The van der Waals surface area contributed by atoms with Gasteiger partial charge in [0.1, 0.15) is 12.4 Å². The van der Waals surface area contributed by atoms with Gasteiger partial charge in [-0.3, -0.25) is 0 Å². The summed E-state index contributed by atoms with van der Waals surface area (Å²) in [7, 11) is 0. The van der Waals surface area contributed by atoms with Crippen molar-refractivity contribution in [3.63, 3.8) is 0 Å². The molecule has 0 heterocycles. The van der Waals surface area contributed by atoms with E-state index in [-0.39, 0.29) is 0 Å². The lowest BCUT2D eigenvalue weighted by atomic mass is 10.1. The normalized spacial score (nSPS) is 9.95. The van der Waals surface area contributed by atoms with Crippen LogP contribution in [0.4, 0.5) is 5.69 Å². The Morgan fingerprint density at radius 2 is 2.05 bits per heavy atom. The highest BCUT2D eigenvalue weighted by Gasteiger charge is 2.08. The quantitative estimate of drug-likeness (QED) is 0.613. The molecule has 102 valence electrons. The molecule has 0 saturated heterocycles. The predicted octanol–water partition coefficient (Wildman–Crippen LogP) is 4.50. The number of hydrogen-bond acceptors (Lipinski definition) is 3. The number of aryl methyl sites for hydroxylation is 2. The molecule has 20 heavy (non-hydrogen) atoms. The average molecular weight is 288 g/mol. The SMILES string of the molecule is Cc1ccc(OCc2c(C)cccc2N=C=O)c(Cl)c1. The standard InChI is InChI=1S/C16H14ClNO2/c1-11-6-7-16(14(17)8-11)20-9-13-12(2)4-3-5-15(13)18-10-19/h3-8H,9H2,1-2H3. The monoisotopic (exact) mass is 287 g/mol. The fourth-order valence-electron chi connectivity index (χ4n) is 1.90. The van der Waals surface area contributed by atoms with Crippen LogP contribution in [-0.4, -0.2) is 6.08 Å². The van der Waals surface area contributed by atoms with Crippen molar-refractivity contribution in [1.29, 1.82) is 0 Å². The molecule has 0 fully saturated rings. The van der Waals surface area contributed by atoms with Gasteiger partial charge in [0.05, 0.1) is 10.7 Å². The van der Waals surface area contributed by atoms with Crippen molar-refractivity contribution < 1.29 is 9.53 Å². The molecule has 4 heteroatoms. The Morgan fingerprint density at radius 1 is 1.25 bits per heavy atom. The summed E-state index contributed by atoms with van der Waals surface area (Å²) in [5, 5.41) is 0.569. The molecule has 3 nitrogen and oxygen atoms in total. The van der Waals surface area contributed by atoms with Crippen LogP contribution in [0, 0.1) is 13.8 Å². The Balaban J connectivity index is 2.24. The van der Waals surface area contributed by atoms with Gasteiger partial charge in [-0.05, 0) is 43.2 Å². The Bertz CT molecular complexity index is 676. The van der Waals surface area contributed by atoms with Crippen LogP contribution in [0.2, 0.25) is 5.02 Å². The van der Waals surface area contributed by atoms with Crippen molar-refractivity contribution >= 4 is 23.4 Å².